The Morgan fingerprint density at radius 2 is 2.33 bits per heavy atom. The van der Waals surface area contributed by atoms with Gasteiger partial charge in [0.05, 0.1) is 12.8 Å². The molecule has 8 heteroatoms. The van der Waals surface area contributed by atoms with E-state index in [1.807, 2.05) is 6.92 Å². The summed E-state index contributed by atoms with van der Waals surface area (Å²) in [5.41, 5.74) is 0.535. The third-order valence-electron chi connectivity index (χ3n) is 2.62. The number of hydrogen-bond donors (Lipinski definition) is 2. The summed E-state index contributed by atoms with van der Waals surface area (Å²) in [6, 6.07) is 4.76. The standard InChI is InChI=1S/C13H14N4O3S/c1-3-20-11-6-9(4-5-10(11)18)7-14-17-12(19)8(2)15-16-13(17)21/h4-7,18H,3H2,1-2H3,(H,16,21)/b14-7+. The Morgan fingerprint density at radius 3 is 3.05 bits per heavy atom. The Bertz CT molecular complexity index is 795. The molecule has 0 spiro atoms. The Kier molecular flexibility index (Phi) is 4.49. The fourth-order valence-electron chi connectivity index (χ4n) is 1.58. The predicted molar refractivity (Wildman–Crippen MR) is 80.7 cm³/mol. The van der Waals surface area contributed by atoms with Crippen molar-refractivity contribution in [1.29, 1.82) is 0 Å². The number of ether oxygens (including phenoxy) is 1. The Hall–Kier alpha value is -2.48. The topological polar surface area (TPSA) is 92.5 Å². The summed E-state index contributed by atoms with van der Waals surface area (Å²) in [7, 11) is 0. The molecule has 2 rings (SSSR count). The molecule has 1 heterocycles. The molecule has 0 radical (unpaired) electrons. The number of benzene rings is 1. The largest absolute Gasteiger partial charge is 0.504 e. The monoisotopic (exact) mass is 306 g/mol. The third kappa shape index (κ3) is 3.34. The van der Waals surface area contributed by atoms with Crippen molar-refractivity contribution in [3.8, 4) is 11.5 Å². The molecule has 7 nitrogen and oxygen atoms in total. The van der Waals surface area contributed by atoms with Gasteiger partial charge in [-0.3, -0.25) is 9.89 Å². The molecule has 0 saturated heterocycles. The number of aromatic amines is 1. The summed E-state index contributed by atoms with van der Waals surface area (Å²) in [4.78, 5) is 11.9. The number of nitrogens with zero attached hydrogens (tertiary/aromatic N) is 3. The van der Waals surface area contributed by atoms with Crippen LogP contribution >= 0.6 is 12.2 Å². The maximum atomic E-state index is 11.9. The first kappa shape index (κ1) is 14.9. The molecule has 0 unspecified atom stereocenters. The molecule has 0 aliphatic carbocycles. The number of nitrogens with one attached hydrogen (secondary N) is 1. The van der Waals surface area contributed by atoms with Gasteiger partial charge in [-0.2, -0.15) is 14.9 Å². The van der Waals surface area contributed by atoms with E-state index in [0.717, 1.165) is 4.68 Å². The van der Waals surface area contributed by atoms with Gasteiger partial charge in [-0.15, -0.1) is 0 Å². The number of H-pyrrole nitrogens is 1. The highest BCUT2D eigenvalue weighted by molar-refractivity contribution is 7.71. The zero-order valence-electron chi connectivity index (χ0n) is 11.5. The van der Waals surface area contributed by atoms with Crippen LogP contribution in [0.4, 0.5) is 0 Å². The van der Waals surface area contributed by atoms with Crippen molar-refractivity contribution < 1.29 is 9.84 Å². The van der Waals surface area contributed by atoms with Gasteiger partial charge in [-0.05, 0) is 49.8 Å². The fourth-order valence-corrected chi connectivity index (χ4v) is 1.76. The maximum Gasteiger partial charge on any atom is 0.296 e. The van der Waals surface area contributed by atoms with Gasteiger partial charge in [0.1, 0.15) is 5.69 Å². The zero-order chi connectivity index (χ0) is 15.4. The average Bonchev–Trinajstić information content (AvgIpc) is 2.46. The van der Waals surface area contributed by atoms with Crippen molar-refractivity contribution >= 4 is 18.4 Å². The van der Waals surface area contributed by atoms with E-state index in [0.29, 0.717) is 17.9 Å². The first-order valence-electron chi connectivity index (χ1n) is 6.21. The predicted octanol–water partition coefficient (Wildman–Crippen LogP) is 1.60. The van der Waals surface area contributed by atoms with Crippen LogP contribution in [0.25, 0.3) is 0 Å². The van der Waals surface area contributed by atoms with Gasteiger partial charge in [0.15, 0.2) is 11.5 Å². The average molecular weight is 306 g/mol. The highest BCUT2D eigenvalue weighted by atomic mass is 32.1. The summed E-state index contributed by atoms with van der Waals surface area (Å²) in [5.74, 6) is 0.396. The van der Waals surface area contributed by atoms with E-state index >= 15 is 0 Å². The minimum absolute atomic E-state index is 0.0446. The Labute approximate surface area is 125 Å². The molecule has 0 amide bonds. The summed E-state index contributed by atoms with van der Waals surface area (Å²) < 4.78 is 6.43. The normalized spacial score (nSPS) is 11.0. The molecular formula is C13H14N4O3S. The van der Waals surface area contributed by atoms with Gasteiger partial charge >= 0.3 is 0 Å². The quantitative estimate of drug-likeness (QED) is 0.661. The van der Waals surface area contributed by atoms with E-state index in [-0.39, 0.29) is 21.8 Å². The van der Waals surface area contributed by atoms with E-state index in [4.69, 9.17) is 17.0 Å². The minimum atomic E-state index is -0.390. The van der Waals surface area contributed by atoms with Crippen LogP contribution in [0.3, 0.4) is 0 Å². The van der Waals surface area contributed by atoms with E-state index in [1.165, 1.54) is 12.3 Å². The van der Waals surface area contributed by atoms with E-state index in [9.17, 15) is 9.90 Å². The number of rotatable bonds is 4. The lowest BCUT2D eigenvalue weighted by Gasteiger charge is -2.06. The molecule has 2 aromatic rings. The second-order valence-electron chi connectivity index (χ2n) is 4.14. The van der Waals surface area contributed by atoms with Crippen molar-refractivity contribution in [3.63, 3.8) is 0 Å². The number of aryl methyl sites for hydroxylation is 1. The van der Waals surface area contributed by atoms with Crippen LogP contribution in [0.2, 0.25) is 0 Å². The van der Waals surface area contributed by atoms with Gasteiger partial charge in [-0.1, -0.05) is 0 Å². The van der Waals surface area contributed by atoms with E-state index < -0.39 is 0 Å². The molecule has 0 aliphatic rings. The van der Waals surface area contributed by atoms with Crippen molar-refractivity contribution in [2.24, 2.45) is 5.10 Å². The first-order chi connectivity index (χ1) is 10.0. The molecule has 1 aromatic carbocycles. The van der Waals surface area contributed by atoms with Gasteiger partial charge < -0.3 is 9.84 Å². The molecule has 0 fully saturated rings. The van der Waals surface area contributed by atoms with Gasteiger partial charge in [0, 0.05) is 0 Å². The van der Waals surface area contributed by atoms with Crippen LogP contribution in [-0.2, 0) is 0 Å². The van der Waals surface area contributed by atoms with Crippen molar-refractivity contribution in [2.45, 2.75) is 13.8 Å². The summed E-state index contributed by atoms with van der Waals surface area (Å²) >= 11 is 4.97. The molecule has 21 heavy (non-hydrogen) atoms. The van der Waals surface area contributed by atoms with Crippen LogP contribution < -0.4 is 10.3 Å². The smallest absolute Gasteiger partial charge is 0.296 e. The number of aromatic hydroxyl groups is 1. The van der Waals surface area contributed by atoms with Gasteiger partial charge in [0.2, 0.25) is 4.77 Å². The Balaban J connectivity index is 2.39. The Morgan fingerprint density at radius 1 is 1.57 bits per heavy atom. The van der Waals surface area contributed by atoms with Gasteiger partial charge in [0.25, 0.3) is 5.56 Å². The second-order valence-corrected chi connectivity index (χ2v) is 4.52. The third-order valence-corrected chi connectivity index (χ3v) is 2.88. The lowest BCUT2D eigenvalue weighted by atomic mass is 10.2. The van der Waals surface area contributed by atoms with Crippen LogP contribution in [0, 0.1) is 11.7 Å². The maximum absolute atomic E-state index is 11.9. The van der Waals surface area contributed by atoms with Crippen LogP contribution in [0.1, 0.15) is 18.2 Å². The van der Waals surface area contributed by atoms with Crippen molar-refractivity contribution in [1.82, 2.24) is 14.9 Å². The molecule has 0 bridgehead atoms. The summed E-state index contributed by atoms with van der Waals surface area (Å²) in [6.07, 6.45) is 1.45. The van der Waals surface area contributed by atoms with Crippen molar-refractivity contribution in [2.75, 3.05) is 6.61 Å². The molecule has 110 valence electrons. The zero-order valence-corrected chi connectivity index (χ0v) is 12.3. The number of hydrogen-bond acceptors (Lipinski definition) is 6. The highest BCUT2D eigenvalue weighted by Gasteiger charge is 2.03. The highest BCUT2D eigenvalue weighted by Crippen LogP contribution is 2.26. The SMILES string of the molecule is CCOc1cc(/C=N/n2c(=S)[nH]nc(C)c2=O)ccc1O. The molecular weight excluding hydrogens is 292 g/mol. The van der Waals surface area contributed by atoms with Crippen LogP contribution in [0.5, 0.6) is 11.5 Å². The number of phenols is 1. The van der Waals surface area contributed by atoms with Crippen molar-refractivity contribution in [3.05, 3.63) is 44.6 Å². The molecule has 0 atom stereocenters. The summed E-state index contributed by atoms with van der Waals surface area (Å²) in [6.45, 7) is 3.81. The number of phenolic OH excluding ortho intramolecular Hbond substituents is 1. The molecule has 2 N–H and O–H groups in total. The lowest BCUT2D eigenvalue weighted by Crippen LogP contribution is -2.22. The summed E-state index contributed by atoms with van der Waals surface area (Å²) in [5, 5.41) is 19.9. The molecule has 1 aromatic heterocycles. The second kappa shape index (κ2) is 6.31. The molecule has 0 aliphatic heterocycles. The van der Waals surface area contributed by atoms with Gasteiger partial charge in [-0.25, -0.2) is 0 Å². The minimum Gasteiger partial charge on any atom is -0.504 e. The van der Waals surface area contributed by atoms with Crippen LogP contribution in [-0.4, -0.2) is 32.8 Å². The fraction of sp³-hybridized carbons (Fsp3) is 0.231. The van der Waals surface area contributed by atoms with E-state index in [2.05, 4.69) is 15.3 Å². The first-order valence-corrected chi connectivity index (χ1v) is 6.62. The van der Waals surface area contributed by atoms with E-state index in [1.54, 1.807) is 19.1 Å². The lowest BCUT2D eigenvalue weighted by molar-refractivity contribution is 0.318. The molecule has 0 saturated carbocycles. The van der Waals surface area contributed by atoms with Crippen LogP contribution in [0.15, 0.2) is 28.1 Å². The number of aromatic nitrogens is 3.